The molecule has 0 spiro atoms. The van der Waals surface area contributed by atoms with E-state index in [1.54, 1.807) is 12.1 Å². The van der Waals surface area contributed by atoms with Gasteiger partial charge in [-0.2, -0.15) is 0 Å². The van der Waals surface area contributed by atoms with E-state index in [4.69, 9.17) is 9.47 Å². The van der Waals surface area contributed by atoms with Crippen molar-refractivity contribution in [3.05, 3.63) is 54.1 Å². The number of hydrogen-bond acceptors (Lipinski definition) is 4. The fraction of sp³-hybridized carbons (Fsp3) is 0.350. The summed E-state index contributed by atoms with van der Waals surface area (Å²) in [5, 5.41) is 6.11. The van der Waals surface area contributed by atoms with Crippen LogP contribution in [0.25, 0.3) is 0 Å². The lowest BCUT2D eigenvalue weighted by Gasteiger charge is -2.10. The third-order valence-electron chi connectivity index (χ3n) is 3.46. The Morgan fingerprint density at radius 2 is 1.72 bits per heavy atom. The quantitative estimate of drug-likeness (QED) is 0.692. The molecule has 0 aromatic heterocycles. The molecule has 0 saturated carbocycles. The minimum absolute atomic E-state index is 0.0351. The summed E-state index contributed by atoms with van der Waals surface area (Å²) in [7, 11) is 0. The molecular formula is C20H26N2O3. The van der Waals surface area contributed by atoms with Crippen LogP contribution in [0.5, 0.6) is 11.5 Å². The molecule has 25 heavy (non-hydrogen) atoms. The molecule has 5 heteroatoms. The SMILES string of the molecule is CCCOc1ccc(OCC(=O)Nc2cccc(CNCC)c2)cc1. The Morgan fingerprint density at radius 1 is 1.00 bits per heavy atom. The van der Waals surface area contributed by atoms with Crippen LogP contribution >= 0.6 is 0 Å². The van der Waals surface area contributed by atoms with E-state index in [2.05, 4.69) is 24.5 Å². The summed E-state index contributed by atoms with van der Waals surface area (Å²) in [4.78, 5) is 12.0. The summed E-state index contributed by atoms with van der Waals surface area (Å²) >= 11 is 0. The first-order valence-electron chi connectivity index (χ1n) is 8.66. The summed E-state index contributed by atoms with van der Waals surface area (Å²) in [5.74, 6) is 1.25. The number of carbonyl (C=O) groups is 1. The molecule has 0 bridgehead atoms. The standard InChI is InChI=1S/C20H26N2O3/c1-3-12-24-18-8-10-19(11-9-18)25-15-20(23)22-17-7-5-6-16(13-17)14-21-4-2/h5-11,13,21H,3-4,12,14-15H2,1-2H3,(H,22,23). The number of carbonyl (C=O) groups excluding carboxylic acids is 1. The van der Waals surface area contributed by atoms with Crippen molar-refractivity contribution >= 4 is 11.6 Å². The van der Waals surface area contributed by atoms with Gasteiger partial charge in [0.2, 0.25) is 0 Å². The van der Waals surface area contributed by atoms with Crippen molar-refractivity contribution in [2.75, 3.05) is 25.1 Å². The maximum atomic E-state index is 12.0. The summed E-state index contributed by atoms with van der Waals surface area (Å²) in [6, 6.07) is 15.1. The molecule has 2 aromatic rings. The van der Waals surface area contributed by atoms with Crippen LogP contribution < -0.4 is 20.1 Å². The molecular weight excluding hydrogens is 316 g/mol. The van der Waals surface area contributed by atoms with E-state index in [1.165, 1.54) is 0 Å². The molecule has 2 aromatic carbocycles. The number of benzene rings is 2. The van der Waals surface area contributed by atoms with E-state index in [0.717, 1.165) is 36.5 Å². The van der Waals surface area contributed by atoms with Gasteiger partial charge in [0.15, 0.2) is 6.61 Å². The van der Waals surface area contributed by atoms with Gasteiger partial charge in [-0.1, -0.05) is 26.0 Å². The van der Waals surface area contributed by atoms with Crippen molar-refractivity contribution in [3.8, 4) is 11.5 Å². The molecule has 0 aliphatic rings. The molecule has 0 fully saturated rings. The third kappa shape index (κ3) is 6.85. The number of anilines is 1. The number of ether oxygens (including phenoxy) is 2. The van der Waals surface area contributed by atoms with Gasteiger partial charge in [-0.05, 0) is 54.9 Å². The van der Waals surface area contributed by atoms with Crippen molar-refractivity contribution in [2.45, 2.75) is 26.8 Å². The highest BCUT2D eigenvalue weighted by Crippen LogP contribution is 2.18. The number of amides is 1. The molecule has 134 valence electrons. The molecule has 5 nitrogen and oxygen atoms in total. The maximum Gasteiger partial charge on any atom is 0.262 e. The predicted octanol–water partition coefficient (Wildman–Crippen LogP) is 3.60. The van der Waals surface area contributed by atoms with Gasteiger partial charge in [-0.25, -0.2) is 0 Å². The molecule has 0 atom stereocenters. The van der Waals surface area contributed by atoms with Crippen LogP contribution in [-0.4, -0.2) is 25.7 Å². The Balaban J connectivity index is 1.80. The Labute approximate surface area is 149 Å². The minimum atomic E-state index is -0.188. The Hall–Kier alpha value is -2.53. The van der Waals surface area contributed by atoms with Crippen LogP contribution in [-0.2, 0) is 11.3 Å². The minimum Gasteiger partial charge on any atom is -0.494 e. The molecule has 0 unspecified atom stereocenters. The summed E-state index contributed by atoms with van der Waals surface area (Å²) in [6.45, 7) is 6.47. The van der Waals surface area contributed by atoms with Crippen LogP contribution in [0.2, 0.25) is 0 Å². The second-order valence-electron chi connectivity index (χ2n) is 5.64. The molecule has 0 heterocycles. The number of rotatable bonds is 10. The van der Waals surface area contributed by atoms with Crippen molar-refractivity contribution in [1.82, 2.24) is 5.32 Å². The van der Waals surface area contributed by atoms with E-state index in [9.17, 15) is 4.79 Å². The number of nitrogens with one attached hydrogen (secondary N) is 2. The average Bonchev–Trinajstić information content (AvgIpc) is 2.64. The van der Waals surface area contributed by atoms with Gasteiger partial charge in [-0.3, -0.25) is 4.79 Å². The highest BCUT2D eigenvalue weighted by atomic mass is 16.5. The molecule has 0 aliphatic carbocycles. The van der Waals surface area contributed by atoms with Crippen molar-refractivity contribution in [3.63, 3.8) is 0 Å². The molecule has 0 saturated heterocycles. The second-order valence-corrected chi connectivity index (χ2v) is 5.64. The lowest BCUT2D eigenvalue weighted by atomic mass is 10.2. The van der Waals surface area contributed by atoms with Gasteiger partial charge in [0.1, 0.15) is 11.5 Å². The average molecular weight is 342 g/mol. The first-order chi connectivity index (χ1) is 12.2. The van der Waals surface area contributed by atoms with E-state index in [-0.39, 0.29) is 12.5 Å². The monoisotopic (exact) mass is 342 g/mol. The molecule has 1 amide bonds. The van der Waals surface area contributed by atoms with E-state index < -0.39 is 0 Å². The Morgan fingerprint density at radius 3 is 2.40 bits per heavy atom. The van der Waals surface area contributed by atoms with E-state index in [1.807, 2.05) is 36.4 Å². The van der Waals surface area contributed by atoms with Crippen LogP contribution in [0, 0.1) is 0 Å². The molecule has 2 N–H and O–H groups in total. The third-order valence-corrected chi connectivity index (χ3v) is 3.46. The van der Waals surface area contributed by atoms with Gasteiger partial charge in [0, 0.05) is 12.2 Å². The smallest absolute Gasteiger partial charge is 0.262 e. The predicted molar refractivity (Wildman–Crippen MR) is 100 cm³/mol. The van der Waals surface area contributed by atoms with Crippen LogP contribution in [0.1, 0.15) is 25.8 Å². The summed E-state index contributed by atoms with van der Waals surface area (Å²) in [6.07, 6.45) is 0.966. The highest BCUT2D eigenvalue weighted by Gasteiger charge is 2.05. The Bertz CT molecular complexity index is 656. The van der Waals surface area contributed by atoms with Crippen LogP contribution in [0.4, 0.5) is 5.69 Å². The second kappa shape index (κ2) is 10.4. The molecule has 0 radical (unpaired) electrons. The maximum absolute atomic E-state index is 12.0. The van der Waals surface area contributed by atoms with Gasteiger partial charge in [0.25, 0.3) is 5.91 Å². The van der Waals surface area contributed by atoms with Crippen LogP contribution in [0.15, 0.2) is 48.5 Å². The first kappa shape index (κ1) is 18.8. The lowest BCUT2D eigenvalue weighted by molar-refractivity contribution is -0.118. The molecule has 0 aliphatic heterocycles. The van der Waals surface area contributed by atoms with Gasteiger partial charge < -0.3 is 20.1 Å². The van der Waals surface area contributed by atoms with Gasteiger partial charge in [-0.15, -0.1) is 0 Å². The molecule has 2 rings (SSSR count). The van der Waals surface area contributed by atoms with Gasteiger partial charge >= 0.3 is 0 Å². The zero-order chi connectivity index (χ0) is 17.9. The van der Waals surface area contributed by atoms with E-state index in [0.29, 0.717) is 12.4 Å². The van der Waals surface area contributed by atoms with E-state index >= 15 is 0 Å². The fourth-order valence-electron chi connectivity index (χ4n) is 2.23. The highest BCUT2D eigenvalue weighted by molar-refractivity contribution is 5.91. The zero-order valence-electron chi connectivity index (χ0n) is 14.9. The largest absolute Gasteiger partial charge is 0.494 e. The van der Waals surface area contributed by atoms with Crippen LogP contribution in [0.3, 0.4) is 0 Å². The summed E-state index contributed by atoms with van der Waals surface area (Å²) < 4.78 is 11.0. The lowest BCUT2D eigenvalue weighted by Crippen LogP contribution is -2.20. The topological polar surface area (TPSA) is 59.6 Å². The first-order valence-corrected chi connectivity index (χ1v) is 8.66. The fourth-order valence-corrected chi connectivity index (χ4v) is 2.23. The van der Waals surface area contributed by atoms with Crippen molar-refractivity contribution in [1.29, 1.82) is 0 Å². The summed E-state index contributed by atoms with van der Waals surface area (Å²) in [5.41, 5.74) is 1.90. The van der Waals surface area contributed by atoms with Crippen molar-refractivity contribution < 1.29 is 14.3 Å². The van der Waals surface area contributed by atoms with Crippen molar-refractivity contribution in [2.24, 2.45) is 0 Å². The normalized spacial score (nSPS) is 10.3. The zero-order valence-corrected chi connectivity index (χ0v) is 14.9. The Kier molecular flexibility index (Phi) is 7.79. The van der Waals surface area contributed by atoms with Gasteiger partial charge in [0.05, 0.1) is 6.61 Å². The number of hydrogen-bond donors (Lipinski definition) is 2.